The first-order valence-corrected chi connectivity index (χ1v) is 8.68. The number of imidazole rings is 1. The quantitative estimate of drug-likeness (QED) is 0.713. The second kappa shape index (κ2) is 6.89. The van der Waals surface area contributed by atoms with Crippen molar-refractivity contribution in [2.75, 3.05) is 19.8 Å². The van der Waals surface area contributed by atoms with Gasteiger partial charge < -0.3 is 19.3 Å². The maximum atomic E-state index is 12.8. The van der Waals surface area contributed by atoms with E-state index in [2.05, 4.69) is 15.2 Å². The van der Waals surface area contributed by atoms with Crippen molar-refractivity contribution in [3.8, 4) is 0 Å². The molecule has 1 fully saturated rings. The second-order valence-corrected chi connectivity index (χ2v) is 6.40. The third-order valence-electron chi connectivity index (χ3n) is 4.74. The number of hydrogen-bond donors (Lipinski definition) is 2. The molecule has 0 spiro atoms. The fourth-order valence-corrected chi connectivity index (χ4v) is 3.38. The van der Waals surface area contributed by atoms with E-state index < -0.39 is 6.10 Å². The highest BCUT2D eigenvalue weighted by molar-refractivity contribution is 5.92. The number of aliphatic hydroxyl groups is 1. The first-order chi connectivity index (χ1) is 12.7. The molecule has 0 aliphatic carbocycles. The molecule has 1 aromatic carbocycles. The molecular weight excluding hydrogens is 334 g/mol. The van der Waals surface area contributed by atoms with Crippen LogP contribution in [0.4, 0.5) is 0 Å². The van der Waals surface area contributed by atoms with Crippen molar-refractivity contribution < 1.29 is 14.6 Å². The summed E-state index contributed by atoms with van der Waals surface area (Å²) in [5.74, 6) is -0.208. The monoisotopic (exact) mass is 355 g/mol. The van der Waals surface area contributed by atoms with E-state index in [-0.39, 0.29) is 18.6 Å². The number of H-pyrrole nitrogens is 1. The number of benzene rings is 1. The molecule has 3 aromatic rings. The third kappa shape index (κ3) is 2.97. The number of aromatic amines is 1. The predicted molar refractivity (Wildman–Crippen MR) is 94.7 cm³/mol. The van der Waals surface area contributed by atoms with Gasteiger partial charge in [0.1, 0.15) is 5.69 Å². The Labute approximate surface area is 150 Å². The minimum absolute atomic E-state index is 0.208. The van der Waals surface area contributed by atoms with E-state index in [0.717, 1.165) is 16.7 Å². The lowest BCUT2D eigenvalue weighted by Gasteiger charge is -2.27. The van der Waals surface area contributed by atoms with E-state index in [9.17, 15) is 9.90 Å². The molecule has 26 heavy (non-hydrogen) atoms. The summed E-state index contributed by atoms with van der Waals surface area (Å²) in [7, 11) is 0. The van der Waals surface area contributed by atoms with Crippen molar-refractivity contribution in [1.29, 1.82) is 0 Å². The number of fused-ring (bicyclic) bond motifs is 1. The molecule has 0 saturated carbocycles. The summed E-state index contributed by atoms with van der Waals surface area (Å²) < 4.78 is 7.28. The summed E-state index contributed by atoms with van der Waals surface area (Å²) in [6.45, 7) is 3.52. The zero-order valence-electron chi connectivity index (χ0n) is 14.5. The Hall–Kier alpha value is -2.71. The van der Waals surface area contributed by atoms with Gasteiger partial charge in [-0.1, -0.05) is 12.1 Å². The minimum atomic E-state index is -0.658. The minimum Gasteiger partial charge on any atom is -0.388 e. The highest BCUT2D eigenvalue weighted by atomic mass is 16.5. The van der Waals surface area contributed by atoms with Gasteiger partial charge in [0.2, 0.25) is 0 Å². The number of hydrogen-bond acceptors (Lipinski definition) is 5. The largest absolute Gasteiger partial charge is 0.388 e. The summed E-state index contributed by atoms with van der Waals surface area (Å²) in [6.07, 6.45) is 1.12. The highest BCUT2D eigenvalue weighted by Crippen LogP contribution is 2.17. The number of ether oxygens (including phenoxy) is 1. The van der Waals surface area contributed by atoms with Crippen LogP contribution in [0.25, 0.3) is 11.0 Å². The van der Waals surface area contributed by atoms with Gasteiger partial charge in [-0.05, 0) is 25.1 Å². The molecule has 1 aliphatic heterocycles. The Morgan fingerprint density at radius 3 is 3.04 bits per heavy atom. The zero-order valence-corrected chi connectivity index (χ0v) is 14.5. The van der Waals surface area contributed by atoms with E-state index in [0.29, 0.717) is 25.4 Å². The number of rotatable bonds is 5. The van der Waals surface area contributed by atoms with Gasteiger partial charge in [0.25, 0.3) is 5.91 Å². The summed E-state index contributed by atoms with van der Waals surface area (Å²) >= 11 is 0. The van der Waals surface area contributed by atoms with E-state index in [1.54, 1.807) is 17.3 Å². The fourth-order valence-electron chi connectivity index (χ4n) is 3.38. The maximum absolute atomic E-state index is 12.8. The van der Waals surface area contributed by atoms with Gasteiger partial charge in [-0.25, -0.2) is 4.98 Å². The van der Waals surface area contributed by atoms with Crippen LogP contribution >= 0.6 is 0 Å². The van der Waals surface area contributed by atoms with Crippen molar-refractivity contribution in [2.45, 2.75) is 25.6 Å². The lowest BCUT2D eigenvalue weighted by Crippen LogP contribution is -2.46. The second-order valence-electron chi connectivity index (χ2n) is 6.40. The van der Waals surface area contributed by atoms with E-state index >= 15 is 0 Å². The number of amides is 1. The molecule has 4 rings (SSSR count). The van der Waals surface area contributed by atoms with Crippen LogP contribution in [0.2, 0.25) is 0 Å². The highest BCUT2D eigenvalue weighted by Gasteiger charge is 2.34. The zero-order chi connectivity index (χ0) is 18.1. The Kier molecular flexibility index (Phi) is 4.44. The normalized spacial score (nSPS) is 19.9. The number of nitrogens with zero attached hydrogens (tertiary/aromatic N) is 4. The van der Waals surface area contributed by atoms with Gasteiger partial charge in [0.15, 0.2) is 0 Å². The van der Waals surface area contributed by atoms with Gasteiger partial charge in [-0.3, -0.25) is 9.89 Å². The molecule has 8 heteroatoms. The molecule has 0 bridgehead atoms. The number of aromatic nitrogens is 4. The Balaban J connectivity index is 1.52. The van der Waals surface area contributed by atoms with Gasteiger partial charge in [0.05, 0.1) is 55.0 Å². The lowest BCUT2D eigenvalue weighted by atomic mass is 10.1. The predicted octanol–water partition coefficient (Wildman–Crippen LogP) is 1.03. The average molecular weight is 355 g/mol. The van der Waals surface area contributed by atoms with Crippen LogP contribution in [-0.4, -0.2) is 67.6 Å². The van der Waals surface area contributed by atoms with Crippen LogP contribution in [-0.2, 0) is 11.3 Å². The fraction of sp³-hybridized carbons (Fsp3) is 0.389. The topological polar surface area (TPSA) is 96.3 Å². The first-order valence-electron chi connectivity index (χ1n) is 8.68. The molecule has 0 radical (unpaired) electrons. The SMILES string of the molecule is CCN(C(=O)c1cc(Cn2cnc3ccccc32)[nH]n1)[C@@H]1COC[C@H]1O. The summed E-state index contributed by atoms with van der Waals surface area (Å²) in [5, 5.41) is 17.1. The molecule has 1 saturated heterocycles. The summed E-state index contributed by atoms with van der Waals surface area (Å²) in [5.41, 5.74) is 3.10. The molecule has 1 amide bonds. The number of aliphatic hydroxyl groups excluding tert-OH is 1. The van der Waals surface area contributed by atoms with Crippen molar-refractivity contribution in [3.05, 3.63) is 48.0 Å². The molecule has 1 aliphatic rings. The van der Waals surface area contributed by atoms with Crippen molar-refractivity contribution >= 4 is 16.9 Å². The van der Waals surface area contributed by atoms with Crippen LogP contribution in [0.1, 0.15) is 23.1 Å². The third-order valence-corrected chi connectivity index (χ3v) is 4.74. The Bertz CT molecular complexity index is 918. The number of nitrogens with one attached hydrogen (secondary N) is 1. The lowest BCUT2D eigenvalue weighted by molar-refractivity contribution is 0.0515. The molecule has 3 heterocycles. The standard InChI is InChI=1S/C18H21N5O3/c1-2-23(16-9-26-10-17(16)24)18(25)14-7-12(20-21-14)8-22-11-19-13-5-3-4-6-15(13)22/h3-7,11,16-17,24H,2,8-10H2,1H3,(H,20,21)/t16-,17-/m1/s1. The summed E-state index contributed by atoms with van der Waals surface area (Å²) in [6, 6.07) is 9.31. The molecule has 8 nitrogen and oxygen atoms in total. The van der Waals surface area contributed by atoms with Gasteiger partial charge in [0, 0.05) is 6.54 Å². The van der Waals surface area contributed by atoms with Crippen LogP contribution in [0.5, 0.6) is 0 Å². The van der Waals surface area contributed by atoms with Crippen molar-refractivity contribution in [3.63, 3.8) is 0 Å². The molecular formula is C18H21N5O3. The van der Waals surface area contributed by atoms with Crippen molar-refractivity contribution in [1.82, 2.24) is 24.6 Å². The molecule has 2 atom stereocenters. The van der Waals surface area contributed by atoms with Crippen molar-refractivity contribution in [2.24, 2.45) is 0 Å². The van der Waals surface area contributed by atoms with Crippen LogP contribution in [0, 0.1) is 0 Å². The van der Waals surface area contributed by atoms with Crippen LogP contribution < -0.4 is 0 Å². The van der Waals surface area contributed by atoms with Crippen LogP contribution in [0.15, 0.2) is 36.7 Å². The van der Waals surface area contributed by atoms with E-state index in [1.807, 2.05) is 35.8 Å². The van der Waals surface area contributed by atoms with Gasteiger partial charge >= 0.3 is 0 Å². The Morgan fingerprint density at radius 1 is 1.42 bits per heavy atom. The van der Waals surface area contributed by atoms with Gasteiger partial charge in [-0.2, -0.15) is 5.10 Å². The molecule has 2 N–H and O–H groups in total. The number of para-hydroxylation sites is 2. The van der Waals surface area contributed by atoms with Crippen LogP contribution in [0.3, 0.4) is 0 Å². The van der Waals surface area contributed by atoms with E-state index in [1.165, 1.54) is 0 Å². The van der Waals surface area contributed by atoms with E-state index in [4.69, 9.17) is 4.74 Å². The molecule has 2 aromatic heterocycles. The first kappa shape index (κ1) is 16.7. The summed E-state index contributed by atoms with van der Waals surface area (Å²) in [4.78, 5) is 18.8. The molecule has 0 unspecified atom stereocenters. The number of likely N-dealkylation sites (N-methyl/N-ethyl adjacent to an activating group) is 1. The number of carbonyl (C=O) groups excluding carboxylic acids is 1. The molecule has 136 valence electrons. The Morgan fingerprint density at radius 2 is 2.27 bits per heavy atom. The maximum Gasteiger partial charge on any atom is 0.274 e. The van der Waals surface area contributed by atoms with Gasteiger partial charge in [-0.15, -0.1) is 0 Å². The number of carbonyl (C=O) groups is 1. The average Bonchev–Trinajstić information content (AvgIpc) is 3.38. The smallest absolute Gasteiger partial charge is 0.274 e.